The fourth-order valence-corrected chi connectivity index (χ4v) is 3.45. The normalized spacial score (nSPS) is 26.2. The molecule has 1 aliphatic heterocycles. The first-order valence-electron chi connectivity index (χ1n) is 5.83. The van der Waals surface area contributed by atoms with Gasteiger partial charge in [0.1, 0.15) is 0 Å². The second-order valence-electron chi connectivity index (χ2n) is 4.68. The van der Waals surface area contributed by atoms with Gasteiger partial charge >= 0.3 is 0 Å². The van der Waals surface area contributed by atoms with Gasteiger partial charge in [0.25, 0.3) is 0 Å². The van der Waals surface area contributed by atoms with Gasteiger partial charge in [0, 0.05) is 27.5 Å². The van der Waals surface area contributed by atoms with E-state index in [9.17, 15) is 0 Å². The van der Waals surface area contributed by atoms with E-state index in [2.05, 4.69) is 57.8 Å². The number of ether oxygens (including phenoxy) is 1. The van der Waals surface area contributed by atoms with Crippen LogP contribution in [0.15, 0.2) is 21.1 Å². The Balaban J connectivity index is 2.30. The van der Waals surface area contributed by atoms with Gasteiger partial charge in [-0.1, -0.05) is 31.9 Å². The van der Waals surface area contributed by atoms with E-state index in [1.54, 1.807) is 0 Å². The molecule has 3 unspecified atom stereocenters. The molecule has 94 valence electrons. The van der Waals surface area contributed by atoms with Gasteiger partial charge < -0.3 is 10.5 Å². The summed E-state index contributed by atoms with van der Waals surface area (Å²) >= 11 is 7.17. The summed E-state index contributed by atoms with van der Waals surface area (Å²) in [6.07, 6.45) is 1.29. The van der Waals surface area contributed by atoms with E-state index in [1.807, 2.05) is 0 Å². The van der Waals surface area contributed by atoms with E-state index >= 15 is 0 Å². The van der Waals surface area contributed by atoms with Crippen molar-refractivity contribution < 1.29 is 4.74 Å². The lowest BCUT2D eigenvalue weighted by Gasteiger charge is -2.24. The van der Waals surface area contributed by atoms with Crippen LogP contribution in [0.4, 0.5) is 0 Å². The van der Waals surface area contributed by atoms with Crippen LogP contribution >= 0.6 is 31.9 Å². The summed E-state index contributed by atoms with van der Waals surface area (Å²) in [5.41, 5.74) is 8.75. The maximum Gasteiger partial charge on any atom is 0.0594 e. The van der Waals surface area contributed by atoms with E-state index < -0.39 is 0 Å². The van der Waals surface area contributed by atoms with Crippen molar-refractivity contribution in [3.05, 3.63) is 32.2 Å². The molecule has 2 nitrogen and oxygen atoms in total. The molecule has 0 radical (unpaired) electrons. The lowest BCUT2D eigenvalue weighted by molar-refractivity contribution is 0.0994. The lowest BCUT2D eigenvalue weighted by Crippen LogP contribution is -2.26. The maximum absolute atomic E-state index is 6.38. The van der Waals surface area contributed by atoms with Crippen LogP contribution in [0.2, 0.25) is 0 Å². The van der Waals surface area contributed by atoms with Crippen molar-refractivity contribution in [1.82, 2.24) is 0 Å². The summed E-state index contributed by atoms with van der Waals surface area (Å²) in [4.78, 5) is 0. The third-order valence-corrected chi connectivity index (χ3v) is 5.07. The molecule has 4 heteroatoms. The van der Waals surface area contributed by atoms with Crippen molar-refractivity contribution in [1.29, 1.82) is 0 Å². The second-order valence-corrected chi connectivity index (χ2v) is 6.39. The Morgan fingerprint density at radius 2 is 2.06 bits per heavy atom. The van der Waals surface area contributed by atoms with E-state index in [1.165, 1.54) is 5.56 Å². The number of hydrogen-bond donors (Lipinski definition) is 1. The number of benzene rings is 1. The average Bonchev–Trinajstić information content (AvgIpc) is 2.69. The Labute approximate surface area is 119 Å². The van der Waals surface area contributed by atoms with Gasteiger partial charge in [-0.15, -0.1) is 0 Å². The Bertz CT molecular complexity index is 422. The fraction of sp³-hybridized carbons (Fsp3) is 0.538. The monoisotopic (exact) mass is 361 g/mol. The minimum Gasteiger partial charge on any atom is -0.378 e. The SMILES string of the molecule is Cc1cc(Br)c(C(N)C2CCOC2C)cc1Br. The van der Waals surface area contributed by atoms with Crippen molar-refractivity contribution in [2.24, 2.45) is 11.7 Å². The van der Waals surface area contributed by atoms with Crippen LogP contribution in [0.5, 0.6) is 0 Å². The summed E-state index contributed by atoms with van der Waals surface area (Å²) < 4.78 is 7.79. The topological polar surface area (TPSA) is 35.2 Å². The third-order valence-electron chi connectivity index (χ3n) is 3.53. The van der Waals surface area contributed by atoms with Crippen molar-refractivity contribution in [2.45, 2.75) is 32.4 Å². The van der Waals surface area contributed by atoms with Crippen molar-refractivity contribution in [2.75, 3.05) is 6.61 Å². The van der Waals surface area contributed by atoms with Crippen molar-refractivity contribution >= 4 is 31.9 Å². The van der Waals surface area contributed by atoms with E-state index in [4.69, 9.17) is 10.5 Å². The molecule has 1 aromatic carbocycles. The molecular weight excluding hydrogens is 346 g/mol. The number of nitrogens with two attached hydrogens (primary N) is 1. The molecule has 0 aliphatic carbocycles. The molecule has 0 saturated carbocycles. The molecule has 0 aromatic heterocycles. The van der Waals surface area contributed by atoms with Gasteiger partial charge in [0.15, 0.2) is 0 Å². The largest absolute Gasteiger partial charge is 0.378 e. The van der Waals surface area contributed by atoms with E-state index in [0.29, 0.717) is 5.92 Å². The van der Waals surface area contributed by atoms with Gasteiger partial charge in [0.05, 0.1) is 6.10 Å². The number of aryl methyl sites for hydroxylation is 1. The van der Waals surface area contributed by atoms with Crippen molar-refractivity contribution in [3.63, 3.8) is 0 Å². The molecule has 0 spiro atoms. The molecule has 1 saturated heterocycles. The first-order valence-corrected chi connectivity index (χ1v) is 7.42. The van der Waals surface area contributed by atoms with Crippen LogP contribution < -0.4 is 5.73 Å². The van der Waals surface area contributed by atoms with Crippen LogP contribution in [0, 0.1) is 12.8 Å². The predicted molar refractivity (Wildman–Crippen MR) is 77.0 cm³/mol. The predicted octanol–water partition coefficient (Wildman–Crippen LogP) is 3.94. The minimum atomic E-state index is 0.0266. The molecule has 2 rings (SSSR count). The second kappa shape index (κ2) is 5.39. The van der Waals surface area contributed by atoms with Crippen LogP contribution in [0.3, 0.4) is 0 Å². The highest BCUT2D eigenvalue weighted by Crippen LogP contribution is 2.36. The maximum atomic E-state index is 6.38. The summed E-state index contributed by atoms with van der Waals surface area (Å²) in [5, 5.41) is 0. The minimum absolute atomic E-state index is 0.0266. The quantitative estimate of drug-likeness (QED) is 0.864. The Hall–Kier alpha value is 0.1000. The Kier molecular flexibility index (Phi) is 4.29. The van der Waals surface area contributed by atoms with Gasteiger partial charge in [0.2, 0.25) is 0 Å². The molecule has 3 atom stereocenters. The number of hydrogen-bond acceptors (Lipinski definition) is 2. The zero-order valence-corrected chi connectivity index (χ0v) is 13.2. The Morgan fingerprint density at radius 1 is 1.35 bits per heavy atom. The zero-order valence-electron chi connectivity index (χ0n) is 10.0. The summed E-state index contributed by atoms with van der Waals surface area (Å²) in [7, 11) is 0. The van der Waals surface area contributed by atoms with Crippen LogP contribution in [0.1, 0.15) is 30.5 Å². The summed E-state index contributed by atoms with van der Waals surface area (Å²) in [6.45, 7) is 5.00. The highest BCUT2D eigenvalue weighted by molar-refractivity contribution is 9.11. The smallest absolute Gasteiger partial charge is 0.0594 e. The van der Waals surface area contributed by atoms with Gasteiger partial charge in [-0.25, -0.2) is 0 Å². The molecule has 0 bridgehead atoms. The molecule has 1 aromatic rings. The molecular formula is C13H17Br2NO. The highest BCUT2D eigenvalue weighted by Gasteiger charge is 2.31. The van der Waals surface area contributed by atoms with Gasteiger partial charge in [-0.3, -0.25) is 0 Å². The molecule has 0 amide bonds. The summed E-state index contributed by atoms with van der Waals surface area (Å²) in [5.74, 6) is 0.404. The van der Waals surface area contributed by atoms with E-state index in [0.717, 1.165) is 27.5 Å². The molecule has 1 heterocycles. The zero-order chi connectivity index (χ0) is 12.6. The highest BCUT2D eigenvalue weighted by atomic mass is 79.9. The number of rotatable bonds is 2. The standard InChI is InChI=1S/C13H17Br2NO/c1-7-5-12(15)10(6-11(7)14)13(16)9-3-4-17-8(9)2/h5-6,8-9,13H,3-4,16H2,1-2H3. The molecule has 1 aliphatic rings. The van der Waals surface area contributed by atoms with Crippen molar-refractivity contribution in [3.8, 4) is 0 Å². The third kappa shape index (κ3) is 2.75. The summed E-state index contributed by atoms with van der Waals surface area (Å²) in [6, 6.07) is 4.26. The molecule has 2 N–H and O–H groups in total. The van der Waals surface area contributed by atoms with Crippen LogP contribution in [-0.2, 0) is 4.74 Å². The average molecular weight is 363 g/mol. The molecule has 17 heavy (non-hydrogen) atoms. The van der Waals surface area contributed by atoms with Crippen LogP contribution in [0.25, 0.3) is 0 Å². The van der Waals surface area contributed by atoms with Crippen LogP contribution in [-0.4, -0.2) is 12.7 Å². The first kappa shape index (κ1) is 13.5. The first-order chi connectivity index (χ1) is 8.00. The Morgan fingerprint density at radius 3 is 2.65 bits per heavy atom. The lowest BCUT2D eigenvalue weighted by atomic mass is 9.89. The number of halogens is 2. The van der Waals surface area contributed by atoms with E-state index in [-0.39, 0.29) is 12.1 Å². The van der Waals surface area contributed by atoms with Gasteiger partial charge in [-0.05, 0) is 43.5 Å². The van der Waals surface area contributed by atoms with Gasteiger partial charge in [-0.2, -0.15) is 0 Å². The molecule has 1 fully saturated rings. The fourth-order valence-electron chi connectivity index (χ4n) is 2.37.